The number of hydrogen-bond acceptors (Lipinski definition) is 3. The Bertz CT molecular complexity index is 700. The van der Waals surface area contributed by atoms with Gasteiger partial charge < -0.3 is 11.1 Å². The number of rotatable bonds is 3. The van der Waals surface area contributed by atoms with Crippen LogP contribution in [0.15, 0.2) is 24.3 Å². The third-order valence-electron chi connectivity index (χ3n) is 3.55. The van der Waals surface area contributed by atoms with Crippen molar-refractivity contribution in [3.8, 4) is 11.3 Å². The van der Waals surface area contributed by atoms with Crippen LogP contribution in [0.3, 0.4) is 0 Å². The lowest BCUT2D eigenvalue weighted by molar-refractivity contribution is 0.0999. The highest BCUT2D eigenvalue weighted by molar-refractivity contribution is 6.30. The zero-order valence-electron chi connectivity index (χ0n) is 11.1. The molecule has 21 heavy (non-hydrogen) atoms. The predicted molar refractivity (Wildman–Crippen MR) is 77.9 cm³/mol. The highest BCUT2D eigenvalue weighted by Crippen LogP contribution is 2.30. The maximum atomic E-state index is 13.1. The summed E-state index contributed by atoms with van der Waals surface area (Å²) in [6.45, 7) is 0.343. The monoisotopic (exact) mass is 308 g/mol. The van der Waals surface area contributed by atoms with Gasteiger partial charge in [-0.05, 0) is 12.1 Å². The van der Waals surface area contributed by atoms with Crippen molar-refractivity contribution in [2.45, 2.75) is 12.6 Å². The van der Waals surface area contributed by atoms with E-state index in [1.54, 1.807) is 28.9 Å². The number of amides is 1. The van der Waals surface area contributed by atoms with Gasteiger partial charge in [0.1, 0.15) is 12.4 Å². The number of halogens is 2. The second kappa shape index (κ2) is 5.46. The molecular formula is C14H14ClFN4O. The van der Waals surface area contributed by atoms with Crippen molar-refractivity contribution in [1.82, 2.24) is 15.1 Å². The summed E-state index contributed by atoms with van der Waals surface area (Å²) in [5.41, 5.74) is 7.57. The molecule has 1 aromatic heterocycles. The summed E-state index contributed by atoms with van der Waals surface area (Å²) in [5.74, 6) is -0.576. The van der Waals surface area contributed by atoms with Gasteiger partial charge in [-0.15, -0.1) is 0 Å². The SMILES string of the molecule is NC(=O)c1c(-c2cccc(Cl)c2)nn2c1CNCC2CF. The van der Waals surface area contributed by atoms with Gasteiger partial charge in [-0.3, -0.25) is 9.48 Å². The molecule has 1 atom stereocenters. The number of hydrogen-bond donors (Lipinski definition) is 2. The molecule has 7 heteroatoms. The number of alkyl halides is 1. The van der Waals surface area contributed by atoms with Gasteiger partial charge in [-0.25, -0.2) is 4.39 Å². The van der Waals surface area contributed by atoms with Crippen molar-refractivity contribution in [3.63, 3.8) is 0 Å². The van der Waals surface area contributed by atoms with Crippen molar-refractivity contribution >= 4 is 17.5 Å². The fourth-order valence-corrected chi connectivity index (χ4v) is 2.79. The Hall–Kier alpha value is -1.92. The molecule has 1 aliphatic rings. The number of fused-ring (bicyclic) bond motifs is 1. The van der Waals surface area contributed by atoms with Gasteiger partial charge in [0.2, 0.25) is 0 Å². The highest BCUT2D eigenvalue weighted by Gasteiger charge is 2.29. The standard InChI is InChI=1S/C14H14ClFN4O/c15-9-3-1-2-8(4-9)13-12(14(17)21)11-7-18-6-10(5-16)20(11)19-13/h1-4,10,18H,5-7H2,(H2,17,21). The molecule has 2 heterocycles. The number of carbonyl (C=O) groups excluding carboxylic acids is 1. The van der Waals surface area contributed by atoms with Gasteiger partial charge in [0, 0.05) is 23.7 Å². The first-order valence-electron chi connectivity index (χ1n) is 6.55. The summed E-state index contributed by atoms with van der Waals surface area (Å²) in [7, 11) is 0. The van der Waals surface area contributed by atoms with Crippen molar-refractivity contribution in [2.75, 3.05) is 13.2 Å². The largest absolute Gasteiger partial charge is 0.365 e. The predicted octanol–water partition coefficient (Wildman–Crippen LogP) is 1.92. The van der Waals surface area contributed by atoms with Crippen molar-refractivity contribution in [1.29, 1.82) is 0 Å². The van der Waals surface area contributed by atoms with Gasteiger partial charge in [-0.2, -0.15) is 5.10 Å². The van der Waals surface area contributed by atoms with Crippen LogP contribution in [0.5, 0.6) is 0 Å². The minimum absolute atomic E-state index is 0.322. The molecule has 5 nitrogen and oxygen atoms in total. The van der Waals surface area contributed by atoms with Crippen LogP contribution in [0, 0.1) is 0 Å². The fourth-order valence-electron chi connectivity index (χ4n) is 2.60. The molecular weight excluding hydrogens is 295 g/mol. The van der Waals surface area contributed by atoms with Gasteiger partial charge in [-0.1, -0.05) is 23.7 Å². The van der Waals surface area contributed by atoms with Gasteiger partial charge in [0.25, 0.3) is 5.91 Å². The maximum absolute atomic E-state index is 13.1. The first kappa shape index (κ1) is 14.0. The van der Waals surface area contributed by atoms with E-state index in [0.717, 1.165) is 0 Å². The number of nitrogens with one attached hydrogen (secondary N) is 1. The molecule has 110 valence electrons. The van der Waals surface area contributed by atoms with E-state index in [1.807, 2.05) is 0 Å². The first-order chi connectivity index (χ1) is 10.1. The molecule has 3 N–H and O–H groups in total. The number of nitrogens with zero attached hydrogens (tertiary/aromatic N) is 2. The smallest absolute Gasteiger partial charge is 0.252 e. The molecule has 3 rings (SSSR count). The van der Waals surface area contributed by atoms with Crippen LogP contribution >= 0.6 is 11.6 Å². The number of carbonyl (C=O) groups is 1. The van der Waals surface area contributed by atoms with E-state index in [0.29, 0.717) is 40.6 Å². The van der Waals surface area contributed by atoms with Crippen molar-refractivity contribution in [2.24, 2.45) is 5.73 Å². The minimum atomic E-state index is -0.576. The Balaban J connectivity index is 2.21. The van der Waals surface area contributed by atoms with E-state index in [1.165, 1.54) is 0 Å². The molecule has 0 saturated heterocycles. The summed E-state index contributed by atoms with van der Waals surface area (Å²) in [4.78, 5) is 11.8. The maximum Gasteiger partial charge on any atom is 0.252 e. The summed E-state index contributed by atoms with van der Waals surface area (Å²) < 4.78 is 14.7. The lowest BCUT2D eigenvalue weighted by atomic mass is 10.0. The van der Waals surface area contributed by atoms with Crippen LogP contribution in [-0.2, 0) is 6.54 Å². The Kier molecular flexibility index (Phi) is 3.65. The molecule has 0 radical (unpaired) electrons. The summed E-state index contributed by atoms with van der Waals surface area (Å²) in [6, 6.07) is 6.58. The minimum Gasteiger partial charge on any atom is -0.365 e. The molecule has 2 aromatic rings. The van der Waals surface area contributed by atoms with Gasteiger partial charge in [0.15, 0.2) is 0 Å². The van der Waals surface area contributed by atoms with Crippen molar-refractivity contribution in [3.05, 3.63) is 40.5 Å². The molecule has 0 spiro atoms. The van der Waals surface area contributed by atoms with Crippen molar-refractivity contribution < 1.29 is 9.18 Å². The number of benzene rings is 1. The lowest BCUT2D eigenvalue weighted by Gasteiger charge is -2.23. The normalized spacial score (nSPS) is 17.5. The molecule has 1 unspecified atom stereocenters. The summed E-state index contributed by atoms with van der Waals surface area (Å²) >= 11 is 5.99. The van der Waals surface area contributed by atoms with Crippen LogP contribution in [-0.4, -0.2) is 28.9 Å². The summed E-state index contributed by atoms with van der Waals surface area (Å²) in [5, 5.41) is 8.03. The average Bonchev–Trinajstić information content (AvgIpc) is 2.86. The van der Waals surface area contributed by atoms with E-state index < -0.39 is 18.6 Å². The number of aromatic nitrogens is 2. The first-order valence-corrected chi connectivity index (χ1v) is 6.93. The molecule has 0 fully saturated rings. The molecule has 1 amide bonds. The molecule has 0 saturated carbocycles. The third kappa shape index (κ3) is 2.41. The molecule has 1 aliphatic heterocycles. The van der Waals surface area contributed by atoms with E-state index >= 15 is 0 Å². The highest BCUT2D eigenvalue weighted by atomic mass is 35.5. The zero-order valence-corrected chi connectivity index (χ0v) is 11.9. The van der Waals surface area contributed by atoms with E-state index in [4.69, 9.17) is 17.3 Å². The fraction of sp³-hybridized carbons (Fsp3) is 0.286. The van der Waals surface area contributed by atoms with E-state index in [2.05, 4.69) is 10.4 Å². The van der Waals surface area contributed by atoms with Crippen LogP contribution in [0.2, 0.25) is 5.02 Å². The number of primary amides is 1. The Morgan fingerprint density at radius 1 is 1.57 bits per heavy atom. The van der Waals surface area contributed by atoms with Crippen LogP contribution in [0.1, 0.15) is 22.1 Å². The van der Waals surface area contributed by atoms with Crippen LogP contribution < -0.4 is 11.1 Å². The van der Waals surface area contributed by atoms with Crippen LogP contribution in [0.25, 0.3) is 11.3 Å². The average molecular weight is 309 g/mol. The second-order valence-electron chi connectivity index (χ2n) is 4.93. The second-order valence-corrected chi connectivity index (χ2v) is 5.36. The Labute approximate surface area is 125 Å². The van der Waals surface area contributed by atoms with Crippen LogP contribution in [0.4, 0.5) is 4.39 Å². The van der Waals surface area contributed by atoms with Gasteiger partial charge in [0.05, 0.1) is 17.3 Å². The Morgan fingerprint density at radius 2 is 2.38 bits per heavy atom. The van der Waals surface area contributed by atoms with Gasteiger partial charge >= 0.3 is 0 Å². The Morgan fingerprint density at radius 3 is 3.05 bits per heavy atom. The molecule has 1 aromatic carbocycles. The quantitative estimate of drug-likeness (QED) is 0.910. The topological polar surface area (TPSA) is 72.9 Å². The zero-order chi connectivity index (χ0) is 15.0. The lowest BCUT2D eigenvalue weighted by Crippen LogP contribution is -2.35. The van der Waals surface area contributed by atoms with E-state index in [9.17, 15) is 9.18 Å². The third-order valence-corrected chi connectivity index (χ3v) is 3.79. The molecule has 0 aliphatic carbocycles. The molecule has 0 bridgehead atoms. The summed E-state index contributed by atoms with van der Waals surface area (Å²) in [6.07, 6.45) is 0. The van der Waals surface area contributed by atoms with E-state index in [-0.39, 0.29) is 0 Å². The number of nitrogens with two attached hydrogens (primary N) is 1.